The molecule has 4 nitrogen and oxygen atoms in total. The number of aliphatic carboxylic acids is 1. The fourth-order valence-corrected chi connectivity index (χ4v) is 2.09. The zero-order valence-electron chi connectivity index (χ0n) is 12.3. The van der Waals surface area contributed by atoms with E-state index in [1.165, 1.54) is 5.56 Å². The number of likely N-dealkylation sites (N-methyl/N-ethyl adjacent to an activating group) is 1. The van der Waals surface area contributed by atoms with Crippen molar-refractivity contribution < 1.29 is 14.7 Å². The monoisotopic (exact) mass is 277 g/mol. The molecule has 0 heterocycles. The van der Waals surface area contributed by atoms with Crippen molar-refractivity contribution in [2.75, 3.05) is 6.54 Å². The highest BCUT2D eigenvalue weighted by Crippen LogP contribution is 2.19. The number of hydrogen-bond donors (Lipinski definition) is 2. The lowest BCUT2D eigenvalue weighted by molar-refractivity contribution is -0.137. The van der Waals surface area contributed by atoms with Gasteiger partial charge in [0.15, 0.2) is 5.78 Å². The van der Waals surface area contributed by atoms with E-state index in [2.05, 4.69) is 19.2 Å². The van der Waals surface area contributed by atoms with Crippen LogP contribution in [0.5, 0.6) is 0 Å². The molecule has 4 heteroatoms. The minimum Gasteiger partial charge on any atom is -0.481 e. The number of benzene rings is 1. The molecule has 1 aromatic carbocycles. The second kappa shape index (κ2) is 7.80. The van der Waals surface area contributed by atoms with Crippen molar-refractivity contribution in [1.29, 1.82) is 0 Å². The van der Waals surface area contributed by atoms with Crippen LogP contribution in [-0.2, 0) is 4.79 Å². The van der Waals surface area contributed by atoms with E-state index in [0.717, 1.165) is 6.42 Å². The first kappa shape index (κ1) is 16.4. The van der Waals surface area contributed by atoms with E-state index in [1.54, 1.807) is 12.1 Å². The number of carboxylic acid groups (broad SMARTS) is 1. The summed E-state index contributed by atoms with van der Waals surface area (Å²) in [5.74, 6) is -0.673. The van der Waals surface area contributed by atoms with Crippen LogP contribution < -0.4 is 5.32 Å². The van der Waals surface area contributed by atoms with Crippen LogP contribution in [0.4, 0.5) is 0 Å². The van der Waals surface area contributed by atoms with Gasteiger partial charge in [-0.25, -0.2) is 0 Å². The Morgan fingerprint density at radius 2 is 1.80 bits per heavy atom. The van der Waals surface area contributed by atoms with Crippen LogP contribution >= 0.6 is 0 Å². The van der Waals surface area contributed by atoms with Gasteiger partial charge >= 0.3 is 5.97 Å². The molecule has 0 saturated heterocycles. The van der Waals surface area contributed by atoms with Gasteiger partial charge in [-0.3, -0.25) is 9.59 Å². The molecule has 0 saturated carbocycles. The summed E-state index contributed by atoms with van der Waals surface area (Å²) in [4.78, 5) is 23.1. The Morgan fingerprint density at radius 1 is 1.20 bits per heavy atom. The summed E-state index contributed by atoms with van der Waals surface area (Å²) in [6, 6.07) is 6.81. The summed E-state index contributed by atoms with van der Waals surface area (Å²) in [5.41, 5.74) is 1.76. The summed E-state index contributed by atoms with van der Waals surface area (Å²) in [7, 11) is 0. The highest BCUT2D eigenvalue weighted by Gasteiger charge is 2.22. The van der Waals surface area contributed by atoms with Crippen molar-refractivity contribution in [3.63, 3.8) is 0 Å². The number of hydrogen-bond acceptors (Lipinski definition) is 3. The zero-order valence-corrected chi connectivity index (χ0v) is 12.3. The maximum absolute atomic E-state index is 12.3. The SMILES string of the molecule is CCNC(CC(=O)O)C(=O)c1ccc(C(C)CC)cc1. The molecule has 2 unspecified atom stereocenters. The van der Waals surface area contributed by atoms with Gasteiger partial charge in [-0.15, -0.1) is 0 Å². The average Bonchev–Trinajstić information content (AvgIpc) is 2.45. The number of carbonyl (C=O) groups excluding carboxylic acids is 1. The third-order valence-corrected chi connectivity index (χ3v) is 3.52. The fourth-order valence-electron chi connectivity index (χ4n) is 2.09. The molecule has 0 aliphatic rings. The minimum atomic E-state index is -0.972. The first-order valence-electron chi connectivity index (χ1n) is 7.08. The molecule has 0 radical (unpaired) electrons. The summed E-state index contributed by atoms with van der Waals surface area (Å²) < 4.78 is 0. The highest BCUT2D eigenvalue weighted by molar-refractivity contribution is 6.01. The molecule has 2 atom stereocenters. The van der Waals surface area contributed by atoms with E-state index in [9.17, 15) is 9.59 Å². The molecule has 0 aliphatic carbocycles. The maximum atomic E-state index is 12.3. The van der Waals surface area contributed by atoms with E-state index in [-0.39, 0.29) is 12.2 Å². The van der Waals surface area contributed by atoms with Gasteiger partial charge in [-0.05, 0) is 24.4 Å². The number of ketones is 1. The van der Waals surface area contributed by atoms with Crippen molar-refractivity contribution in [3.8, 4) is 0 Å². The van der Waals surface area contributed by atoms with Crippen LogP contribution in [0.3, 0.4) is 0 Å². The molecular formula is C16H23NO3. The van der Waals surface area contributed by atoms with Crippen molar-refractivity contribution in [3.05, 3.63) is 35.4 Å². The molecule has 110 valence electrons. The number of carboxylic acids is 1. The van der Waals surface area contributed by atoms with Gasteiger partial charge in [0.25, 0.3) is 0 Å². The number of rotatable bonds is 8. The Morgan fingerprint density at radius 3 is 2.25 bits per heavy atom. The first-order valence-corrected chi connectivity index (χ1v) is 7.08. The lowest BCUT2D eigenvalue weighted by atomic mass is 9.95. The van der Waals surface area contributed by atoms with Crippen LogP contribution in [0.1, 0.15) is 55.5 Å². The van der Waals surface area contributed by atoms with Gasteiger partial charge < -0.3 is 10.4 Å². The van der Waals surface area contributed by atoms with E-state index in [1.807, 2.05) is 19.1 Å². The summed E-state index contributed by atoms with van der Waals surface area (Å²) in [5, 5.41) is 11.8. The van der Waals surface area contributed by atoms with Gasteiger partial charge in [-0.2, -0.15) is 0 Å². The molecule has 0 aromatic heterocycles. The van der Waals surface area contributed by atoms with E-state index < -0.39 is 12.0 Å². The standard InChI is InChI=1S/C16H23NO3/c1-4-11(3)12-6-8-13(9-7-12)16(20)14(17-5-2)10-15(18)19/h6-9,11,14,17H,4-5,10H2,1-3H3,(H,18,19). The van der Waals surface area contributed by atoms with Crippen molar-refractivity contribution in [1.82, 2.24) is 5.32 Å². The highest BCUT2D eigenvalue weighted by atomic mass is 16.4. The molecule has 0 amide bonds. The number of carbonyl (C=O) groups is 2. The minimum absolute atomic E-state index is 0.162. The zero-order chi connectivity index (χ0) is 15.1. The average molecular weight is 277 g/mol. The molecule has 0 fully saturated rings. The van der Waals surface area contributed by atoms with E-state index >= 15 is 0 Å². The Hall–Kier alpha value is -1.68. The molecule has 1 rings (SSSR count). The number of Topliss-reactive ketones (excluding diaryl/α,β-unsaturated/α-hetero) is 1. The normalized spacial score (nSPS) is 13.8. The van der Waals surface area contributed by atoms with E-state index in [4.69, 9.17) is 5.11 Å². The van der Waals surface area contributed by atoms with Gasteiger partial charge in [0.05, 0.1) is 12.5 Å². The molecule has 0 aliphatic heterocycles. The van der Waals surface area contributed by atoms with Crippen LogP contribution in [0.25, 0.3) is 0 Å². The third-order valence-electron chi connectivity index (χ3n) is 3.52. The topological polar surface area (TPSA) is 66.4 Å². The number of nitrogens with one attached hydrogen (secondary N) is 1. The Labute approximate surface area is 120 Å². The van der Waals surface area contributed by atoms with Crippen LogP contribution in [0.15, 0.2) is 24.3 Å². The molecule has 20 heavy (non-hydrogen) atoms. The fraction of sp³-hybridized carbons (Fsp3) is 0.500. The van der Waals surface area contributed by atoms with Crippen molar-refractivity contribution in [2.24, 2.45) is 0 Å². The lowest BCUT2D eigenvalue weighted by Crippen LogP contribution is -2.38. The maximum Gasteiger partial charge on any atom is 0.305 e. The van der Waals surface area contributed by atoms with E-state index in [0.29, 0.717) is 18.0 Å². The van der Waals surface area contributed by atoms with Crippen molar-refractivity contribution >= 4 is 11.8 Å². The van der Waals surface area contributed by atoms with Crippen molar-refractivity contribution in [2.45, 2.75) is 45.6 Å². The van der Waals surface area contributed by atoms with Gasteiger partial charge in [-0.1, -0.05) is 45.0 Å². The Bertz CT molecular complexity index is 453. The second-order valence-corrected chi connectivity index (χ2v) is 5.00. The lowest BCUT2D eigenvalue weighted by Gasteiger charge is -2.15. The van der Waals surface area contributed by atoms with Gasteiger partial charge in [0.1, 0.15) is 0 Å². The third kappa shape index (κ3) is 4.46. The largest absolute Gasteiger partial charge is 0.481 e. The predicted molar refractivity (Wildman–Crippen MR) is 79.2 cm³/mol. The second-order valence-electron chi connectivity index (χ2n) is 5.00. The van der Waals surface area contributed by atoms with Crippen LogP contribution in [-0.4, -0.2) is 29.4 Å². The first-order chi connectivity index (χ1) is 9.49. The molecule has 0 bridgehead atoms. The van der Waals surface area contributed by atoms with Gasteiger partial charge in [0.2, 0.25) is 0 Å². The molecular weight excluding hydrogens is 254 g/mol. The quantitative estimate of drug-likeness (QED) is 0.717. The predicted octanol–water partition coefficient (Wildman–Crippen LogP) is 2.84. The smallest absolute Gasteiger partial charge is 0.305 e. The van der Waals surface area contributed by atoms with Crippen LogP contribution in [0.2, 0.25) is 0 Å². The summed E-state index contributed by atoms with van der Waals surface area (Å²) in [6.07, 6.45) is 0.853. The summed E-state index contributed by atoms with van der Waals surface area (Å²) >= 11 is 0. The molecule has 1 aromatic rings. The molecule has 2 N–H and O–H groups in total. The Kier molecular flexibility index (Phi) is 6.39. The summed E-state index contributed by atoms with van der Waals surface area (Å²) in [6.45, 7) is 6.68. The Balaban J connectivity index is 2.86. The van der Waals surface area contributed by atoms with Crippen LogP contribution in [0, 0.1) is 0 Å². The molecule has 0 spiro atoms. The van der Waals surface area contributed by atoms with Gasteiger partial charge in [0, 0.05) is 5.56 Å².